The van der Waals surface area contributed by atoms with E-state index in [0.717, 1.165) is 50.2 Å². The van der Waals surface area contributed by atoms with Gasteiger partial charge in [0.25, 0.3) is 0 Å². The van der Waals surface area contributed by atoms with E-state index in [0.29, 0.717) is 0 Å². The molecule has 0 spiro atoms. The normalized spacial score (nSPS) is 15.5. The second kappa shape index (κ2) is 13.7. The Labute approximate surface area is 347 Å². The molecule has 2 atom stereocenters. The molecule has 0 radical (unpaired) electrons. The average Bonchev–Trinajstić information content (AvgIpc) is 4.00. The fourth-order valence-electron chi connectivity index (χ4n) is 9.21. The zero-order valence-corrected chi connectivity index (χ0v) is 32.8. The Morgan fingerprint density at radius 1 is 0.475 bits per heavy atom. The Kier molecular flexibility index (Phi) is 7.85. The highest BCUT2D eigenvalue weighted by Crippen LogP contribution is 2.53. The SMILES string of the molecule is C1=CC2Oc3c(-c4ccc(N(c5ccccc5)c5ccc(-c6ccc7c8c(cccc68)-c6sc(-c8cccc(-c9ccccc9)c8)nc6-7)cc5)cc4)cccc3C2C=C1. The van der Waals surface area contributed by atoms with Crippen LogP contribution in [0.25, 0.3) is 76.4 Å². The van der Waals surface area contributed by atoms with Crippen molar-refractivity contribution in [2.75, 3.05) is 4.90 Å². The van der Waals surface area contributed by atoms with Gasteiger partial charge in [-0.25, -0.2) is 4.98 Å². The van der Waals surface area contributed by atoms with Crippen LogP contribution in [0, 0.1) is 0 Å². The molecule has 1 aromatic heterocycles. The Morgan fingerprint density at radius 2 is 1.10 bits per heavy atom. The van der Waals surface area contributed by atoms with Gasteiger partial charge < -0.3 is 9.64 Å². The van der Waals surface area contributed by atoms with Crippen molar-refractivity contribution in [3.8, 4) is 71.4 Å². The average molecular weight is 773 g/mol. The Balaban J connectivity index is 0.865. The molecule has 0 bridgehead atoms. The summed E-state index contributed by atoms with van der Waals surface area (Å²) in [5, 5.41) is 3.60. The fourth-order valence-corrected chi connectivity index (χ4v) is 10.3. The molecule has 278 valence electrons. The first-order valence-electron chi connectivity index (χ1n) is 20.2. The van der Waals surface area contributed by atoms with Gasteiger partial charge in [-0.05, 0) is 81.7 Å². The maximum atomic E-state index is 6.50. The number of para-hydroxylation sites is 2. The van der Waals surface area contributed by atoms with Crippen molar-refractivity contribution >= 4 is 39.2 Å². The smallest absolute Gasteiger partial charge is 0.132 e. The molecule has 0 saturated carbocycles. The molecule has 3 nitrogen and oxygen atoms in total. The largest absolute Gasteiger partial charge is 0.484 e. The van der Waals surface area contributed by atoms with Gasteiger partial charge in [0.1, 0.15) is 16.9 Å². The van der Waals surface area contributed by atoms with Crippen molar-refractivity contribution in [3.63, 3.8) is 0 Å². The molecule has 0 N–H and O–H groups in total. The van der Waals surface area contributed by atoms with Crippen LogP contribution in [0.3, 0.4) is 0 Å². The van der Waals surface area contributed by atoms with Crippen LogP contribution in [0.2, 0.25) is 0 Å². The number of nitrogens with zero attached hydrogens (tertiary/aromatic N) is 2. The summed E-state index contributed by atoms with van der Waals surface area (Å²) in [7, 11) is 0. The highest BCUT2D eigenvalue weighted by Gasteiger charge is 2.34. The molecule has 8 aromatic carbocycles. The van der Waals surface area contributed by atoms with Crippen molar-refractivity contribution < 1.29 is 4.74 Å². The van der Waals surface area contributed by atoms with Crippen LogP contribution >= 0.6 is 11.3 Å². The molecule has 1 aliphatic heterocycles. The lowest BCUT2D eigenvalue weighted by Crippen LogP contribution is -2.15. The highest BCUT2D eigenvalue weighted by atomic mass is 32.1. The molecule has 2 unspecified atom stereocenters. The van der Waals surface area contributed by atoms with Crippen LogP contribution in [0.15, 0.2) is 206 Å². The van der Waals surface area contributed by atoms with E-state index in [9.17, 15) is 0 Å². The monoisotopic (exact) mass is 772 g/mol. The van der Waals surface area contributed by atoms with Gasteiger partial charge >= 0.3 is 0 Å². The van der Waals surface area contributed by atoms with Crippen LogP contribution in [-0.4, -0.2) is 11.1 Å². The molecule has 12 rings (SSSR count). The Bertz CT molecular complexity index is 3100. The van der Waals surface area contributed by atoms with E-state index in [4.69, 9.17) is 9.72 Å². The van der Waals surface area contributed by atoms with E-state index in [1.165, 1.54) is 54.6 Å². The van der Waals surface area contributed by atoms with Gasteiger partial charge in [0, 0.05) is 56.2 Å². The van der Waals surface area contributed by atoms with Gasteiger partial charge in [0.2, 0.25) is 0 Å². The highest BCUT2D eigenvalue weighted by molar-refractivity contribution is 7.19. The summed E-state index contributed by atoms with van der Waals surface area (Å²) in [6.45, 7) is 0. The summed E-state index contributed by atoms with van der Waals surface area (Å²) in [5.74, 6) is 1.26. The number of anilines is 3. The summed E-state index contributed by atoms with van der Waals surface area (Å²) in [4.78, 5) is 8.86. The topological polar surface area (TPSA) is 25.4 Å². The lowest BCUT2D eigenvalue weighted by molar-refractivity contribution is 0.270. The van der Waals surface area contributed by atoms with Crippen LogP contribution in [0.5, 0.6) is 5.75 Å². The molecule has 9 aromatic rings. The molecule has 59 heavy (non-hydrogen) atoms. The van der Waals surface area contributed by atoms with Crippen LogP contribution in [-0.2, 0) is 0 Å². The third kappa shape index (κ3) is 5.60. The molecular formula is C55H36N2OS. The van der Waals surface area contributed by atoms with Crippen LogP contribution in [0.4, 0.5) is 17.1 Å². The number of allylic oxidation sites excluding steroid dienone is 2. The lowest BCUT2D eigenvalue weighted by atomic mass is 9.90. The minimum atomic E-state index is 0.0607. The van der Waals surface area contributed by atoms with Crippen LogP contribution in [0.1, 0.15) is 11.5 Å². The molecule has 2 aliphatic carbocycles. The maximum absolute atomic E-state index is 6.50. The van der Waals surface area contributed by atoms with Crippen molar-refractivity contribution in [2.45, 2.75) is 12.0 Å². The van der Waals surface area contributed by atoms with Gasteiger partial charge in [-0.2, -0.15) is 0 Å². The standard InChI is InChI=1S/C55H36N2OS/c1-3-12-35(13-4-1)38-14-9-15-39(34-38)55-56-52-48-33-32-43(46-20-11-22-49(51(46)48)54(52)59-55)36-24-28-41(29-25-36)57(40-16-5-2-6-17-40)42-30-26-37(27-31-42)44-19-10-21-47-45-18-7-8-23-50(45)58-53(44)47/h1-34,45,50H. The number of rotatable bonds is 7. The van der Waals surface area contributed by atoms with Crippen molar-refractivity contribution in [1.29, 1.82) is 0 Å². The van der Waals surface area contributed by atoms with Crippen molar-refractivity contribution in [1.82, 2.24) is 4.98 Å². The molecule has 0 amide bonds. The minimum Gasteiger partial charge on any atom is -0.484 e. The summed E-state index contributed by atoms with van der Waals surface area (Å²) in [6.07, 6.45) is 8.67. The number of thiazole rings is 1. The van der Waals surface area contributed by atoms with Gasteiger partial charge in [0.15, 0.2) is 0 Å². The van der Waals surface area contributed by atoms with Gasteiger partial charge in [-0.3, -0.25) is 0 Å². The number of hydrogen-bond acceptors (Lipinski definition) is 4. The van der Waals surface area contributed by atoms with Gasteiger partial charge in [0.05, 0.1) is 10.6 Å². The number of fused-ring (bicyclic) bond motifs is 6. The van der Waals surface area contributed by atoms with E-state index < -0.39 is 0 Å². The summed E-state index contributed by atoms with van der Waals surface area (Å²) < 4.78 is 6.50. The molecule has 0 saturated heterocycles. The van der Waals surface area contributed by atoms with Crippen molar-refractivity contribution in [3.05, 3.63) is 212 Å². The lowest BCUT2D eigenvalue weighted by Gasteiger charge is -2.26. The van der Waals surface area contributed by atoms with Crippen molar-refractivity contribution in [2.24, 2.45) is 0 Å². The van der Waals surface area contributed by atoms with Gasteiger partial charge in [-0.15, -0.1) is 11.3 Å². The number of benzene rings is 8. The fraction of sp³-hybridized carbons (Fsp3) is 0.0364. The first kappa shape index (κ1) is 33.8. The van der Waals surface area contributed by atoms with E-state index in [-0.39, 0.29) is 12.0 Å². The number of hydrogen-bond donors (Lipinski definition) is 0. The third-order valence-corrected chi connectivity index (χ3v) is 13.2. The van der Waals surface area contributed by atoms with E-state index in [2.05, 4.69) is 211 Å². The second-order valence-corrected chi connectivity index (χ2v) is 16.4. The van der Waals surface area contributed by atoms with E-state index in [1.54, 1.807) is 11.3 Å². The van der Waals surface area contributed by atoms with Gasteiger partial charge in [-0.1, -0.05) is 158 Å². The first-order chi connectivity index (χ1) is 29.2. The molecule has 0 fully saturated rings. The van der Waals surface area contributed by atoms with E-state index >= 15 is 0 Å². The Morgan fingerprint density at radius 3 is 1.90 bits per heavy atom. The Hall–Kier alpha value is -7.27. The second-order valence-electron chi connectivity index (χ2n) is 15.4. The van der Waals surface area contributed by atoms with Crippen LogP contribution < -0.4 is 9.64 Å². The summed E-state index contributed by atoms with van der Waals surface area (Å²) >= 11 is 1.79. The first-order valence-corrected chi connectivity index (χ1v) is 21.0. The maximum Gasteiger partial charge on any atom is 0.132 e. The third-order valence-electron chi connectivity index (χ3n) is 12.0. The summed E-state index contributed by atoms with van der Waals surface area (Å²) in [5.41, 5.74) is 16.4. The summed E-state index contributed by atoms with van der Waals surface area (Å²) in [6, 6.07) is 65.6. The zero-order chi connectivity index (χ0) is 38.9. The van der Waals surface area contributed by atoms with E-state index in [1.807, 2.05) is 0 Å². The predicted octanol–water partition coefficient (Wildman–Crippen LogP) is 15.1. The number of ether oxygens (including phenoxy) is 1. The number of aromatic nitrogens is 1. The minimum absolute atomic E-state index is 0.0607. The molecule has 3 aliphatic rings. The molecule has 2 heterocycles. The quantitative estimate of drug-likeness (QED) is 0.161. The zero-order valence-electron chi connectivity index (χ0n) is 32.0. The molecule has 4 heteroatoms. The molecular weight excluding hydrogens is 737 g/mol. The predicted molar refractivity (Wildman–Crippen MR) is 246 cm³/mol.